The van der Waals surface area contributed by atoms with Crippen LogP contribution in [0.1, 0.15) is 39.6 Å². The van der Waals surface area contributed by atoms with Crippen molar-refractivity contribution in [3.8, 4) is 0 Å². The Bertz CT molecular complexity index is 304. The van der Waals surface area contributed by atoms with E-state index in [4.69, 9.17) is 0 Å². The van der Waals surface area contributed by atoms with Crippen LogP contribution in [-0.4, -0.2) is 28.4 Å². The molecule has 0 amide bonds. The van der Waals surface area contributed by atoms with Crippen LogP contribution in [0.5, 0.6) is 0 Å². The van der Waals surface area contributed by atoms with Crippen molar-refractivity contribution in [1.29, 1.82) is 0 Å². The molecule has 1 unspecified atom stereocenters. The van der Waals surface area contributed by atoms with E-state index in [1.54, 1.807) is 6.33 Å². The SMILES string of the molecule is CNCC(Cc1ncnn1C(C)C)C(C)C. The Hall–Kier alpha value is -0.900. The second kappa shape index (κ2) is 5.99. The Morgan fingerprint density at radius 2 is 2.00 bits per heavy atom. The molecule has 0 spiro atoms. The lowest BCUT2D eigenvalue weighted by Crippen LogP contribution is -2.26. The molecule has 1 N–H and O–H groups in total. The maximum atomic E-state index is 4.37. The molecule has 0 bridgehead atoms. The van der Waals surface area contributed by atoms with Crippen molar-refractivity contribution >= 4 is 0 Å². The van der Waals surface area contributed by atoms with Crippen LogP contribution in [0.4, 0.5) is 0 Å². The van der Waals surface area contributed by atoms with E-state index in [1.807, 2.05) is 11.7 Å². The van der Waals surface area contributed by atoms with E-state index in [-0.39, 0.29) is 0 Å². The summed E-state index contributed by atoms with van der Waals surface area (Å²) in [5.41, 5.74) is 0. The van der Waals surface area contributed by atoms with Crippen molar-refractivity contribution in [2.75, 3.05) is 13.6 Å². The molecule has 0 radical (unpaired) electrons. The summed E-state index contributed by atoms with van der Waals surface area (Å²) in [7, 11) is 2.00. The van der Waals surface area contributed by atoms with Crippen LogP contribution in [0.3, 0.4) is 0 Å². The molecule has 1 heterocycles. The third-order valence-electron chi connectivity index (χ3n) is 2.99. The van der Waals surface area contributed by atoms with E-state index in [0.717, 1.165) is 18.8 Å². The minimum Gasteiger partial charge on any atom is -0.319 e. The average molecular weight is 224 g/mol. The Labute approximate surface area is 98.5 Å². The van der Waals surface area contributed by atoms with E-state index in [9.17, 15) is 0 Å². The van der Waals surface area contributed by atoms with Gasteiger partial charge in [-0.2, -0.15) is 5.10 Å². The van der Waals surface area contributed by atoms with Crippen molar-refractivity contribution in [1.82, 2.24) is 20.1 Å². The highest BCUT2D eigenvalue weighted by Gasteiger charge is 2.17. The molecule has 4 nitrogen and oxygen atoms in total. The summed E-state index contributed by atoms with van der Waals surface area (Å²) < 4.78 is 2.02. The first-order valence-corrected chi connectivity index (χ1v) is 6.09. The van der Waals surface area contributed by atoms with Crippen LogP contribution >= 0.6 is 0 Å². The standard InChI is InChI=1S/C12H24N4/c1-9(2)11(7-13-5)6-12-14-8-15-16(12)10(3)4/h8-11,13H,6-7H2,1-5H3. The fourth-order valence-corrected chi connectivity index (χ4v) is 1.89. The van der Waals surface area contributed by atoms with Gasteiger partial charge in [-0.05, 0) is 39.3 Å². The van der Waals surface area contributed by atoms with Gasteiger partial charge in [0.05, 0.1) is 0 Å². The normalized spacial score (nSPS) is 13.7. The zero-order chi connectivity index (χ0) is 12.1. The highest BCUT2D eigenvalue weighted by Crippen LogP contribution is 2.16. The number of rotatable bonds is 6. The van der Waals surface area contributed by atoms with Crippen molar-refractivity contribution < 1.29 is 0 Å². The second-order valence-electron chi connectivity index (χ2n) is 4.98. The van der Waals surface area contributed by atoms with Gasteiger partial charge in [0, 0.05) is 12.5 Å². The Morgan fingerprint density at radius 3 is 2.50 bits per heavy atom. The molecular weight excluding hydrogens is 200 g/mol. The van der Waals surface area contributed by atoms with E-state index < -0.39 is 0 Å². The quantitative estimate of drug-likeness (QED) is 0.802. The van der Waals surface area contributed by atoms with Crippen molar-refractivity contribution in [2.24, 2.45) is 11.8 Å². The first-order valence-electron chi connectivity index (χ1n) is 6.09. The third kappa shape index (κ3) is 3.30. The fourth-order valence-electron chi connectivity index (χ4n) is 1.89. The molecular formula is C12H24N4. The summed E-state index contributed by atoms with van der Waals surface area (Å²) in [5.74, 6) is 2.38. The van der Waals surface area contributed by atoms with Gasteiger partial charge in [-0.25, -0.2) is 9.67 Å². The van der Waals surface area contributed by atoms with E-state index in [0.29, 0.717) is 17.9 Å². The van der Waals surface area contributed by atoms with Gasteiger partial charge < -0.3 is 5.32 Å². The van der Waals surface area contributed by atoms with Gasteiger partial charge >= 0.3 is 0 Å². The average Bonchev–Trinajstić information content (AvgIpc) is 2.65. The van der Waals surface area contributed by atoms with Crippen LogP contribution in [0.25, 0.3) is 0 Å². The molecule has 92 valence electrons. The van der Waals surface area contributed by atoms with Crippen LogP contribution in [0.15, 0.2) is 6.33 Å². The van der Waals surface area contributed by atoms with Gasteiger partial charge in [0.2, 0.25) is 0 Å². The Balaban J connectivity index is 2.73. The largest absolute Gasteiger partial charge is 0.319 e. The summed E-state index contributed by atoms with van der Waals surface area (Å²) in [6.45, 7) is 9.83. The maximum absolute atomic E-state index is 4.37. The van der Waals surface area contributed by atoms with E-state index in [2.05, 4.69) is 43.1 Å². The number of hydrogen-bond donors (Lipinski definition) is 1. The molecule has 0 aliphatic carbocycles. The molecule has 0 saturated carbocycles. The van der Waals surface area contributed by atoms with Gasteiger partial charge in [-0.3, -0.25) is 0 Å². The van der Waals surface area contributed by atoms with Gasteiger partial charge in [0.1, 0.15) is 12.2 Å². The number of nitrogens with zero attached hydrogens (tertiary/aromatic N) is 3. The van der Waals surface area contributed by atoms with E-state index >= 15 is 0 Å². The van der Waals surface area contributed by atoms with Crippen LogP contribution in [0, 0.1) is 11.8 Å². The van der Waals surface area contributed by atoms with Gasteiger partial charge in [-0.15, -0.1) is 0 Å². The first kappa shape index (κ1) is 13.2. The van der Waals surface area contributed by atoms with Gasteiger partial charge in [0.15, 0.2) is 0 Å². The predicted octanol–water partition coefficient (Wildman–Crippen LogP) is 1.89. The van der Waals surface area contributed by atoms with Crippen LogP contribution in [-0.2, 0) is 6.42 Å². The number of hydrogen-bond acceptors (Lipinski definition) is 3. The summed E-state index contributed by atoms with van der Waals surface area (Å²) in [6.07, 6.45) is 2.66. The monoisotopic (exact) mass is 224 g/mol. The minimum atomic E-state index is 0.389. The fraction of sp³-hybridized carbons (Fsp3) is 0.833. The maximum Gasteiger partial charge on any atom is 0.138 e. The summed E-state index contributed by atoms with van der Waals surface area (Å²) in [6, 6.07) is 0.389. The second-order valence-corrected chi connectivity index (χ2v) is 4.98. The first-order chi connectivity index (χ1) is 7.56. The minimum absolute atomic E-state index is 0.389. The third-order valence-corrected chi connectivity index (χ3v) is 2.99. The molecule has 0 aromatic carbocycles. The van der Waals surface area contributed by atoms with Crippen LogP contribution in [0.2, 0.25) is 0 Å². The Kier molecular flexibility index (Phi) is 4.93. The van der Waals surface area contributed by atoms with E-state index in [1.165, 1.54) is 0 Å². The topological polar surface area (TPSA) is 42.7 Å². The van der Waals surface area contributed by atoms with Gasteiger partial charge in [-0.1, -0.05) is 13.8 Å². The lowest BCUT2D eigenvalue weighted by Gasteiger charge is -2.20. The molecule has 0 aliphatic heterocycles. The van der Waals surface area contributed by atoms with Gasteiger partial charge in [0.25, 0.3) is 0 Å². The molecule has 1 atom stereocenters. The zero-order valence-corrected chi connectivity index (χ0v) is 11.1. The molecule has 0 aliphatic rings. The summed E-state index contributed by atoms with van der Waals surface area (Å²) in [4.78, 5) is 4.37. The molecule has 4 heteroatoms. The summed E-state index contributed by atoms with van der Waals surface area (Å²) in [5, 5.41) is 7.53. The van der Waals surface area contributed by atoms with Crippen molar-refractivity contribution in [3.63, 3.8) is 0 Å². The molecule has 1 aromatic heterocycles. The lowest BCUT2D eigenvalue weighted by molar-refractivity contribution is 0.352. The highest BCUT2D eigenvalue weighted by atomic mass is 15.3. The molecule has 1 aromatic rings. The zero-order valence-electron chi connectivity index (χ0n) is 11.1. The molecule has 0 saturated heterocycles. The van der Waals surface area contributed by atoms with Crippen LogP contribution < -0.4 is 5.32 Å². The number of nitrogens with one attached hydrogen (secondary N) is 1. The number of aromatic nitrogens is 3. The molecule has 1 rings (SSSR count). The van der Waals surface area contributed by atoms with Crippen molar-refractivity contribution in [3.05, 3.63) is 12.2 Å². The molecule has 0 fully saturated rings. The van der Waals surface area contributed by atoms with Crippen molar-refractivity contribution in [2.45, 2.75) is 40.2 Å². The Morgan fingerprint density at radius 1 is 1.31 bits per heavy atom. The molecule has 16 heavy (non-hydrogen) atoms. The predicted molar refractivity (Wildman–Crippen MR) is 66.4 cm³/mol. The smallest absolute Gasteiger partial charge is 0.138 e. The lowest BCUT2D eigenvalue weighted by atomic mass is 9.92. The highest BCUT2D eigenvalue weighted by molar-refractivity contribution is 4.90. The summed E-state index contributed by atoms with van der Waals surface area (Å²) >= 11 is 0.